The fraction of sp³-hybridized carbons (Fsp3) is 0.750. The van der Waals surface area contributed by atoms with Crippen LogP contribution in [0.15, 0.2) is 0 Å². The molecule has 0 bridgehead atoms. The summed E-state index contributed by atoms with van der Waals surface area (Å²) in [6.07, 6.45) is 3.04. The van der Waals surface area contributed by atoms with E-state index in [4.69, 9.17) is 18.0 Å². The Hall–Kier alpha value is -1.17. The zero-order valence-corrected chi connectivity index (χ0v) is 11.8. The predicted molar refractivity (Wildman–Crippen MR) is 74.0 cm³/mol. The van der Waals surface area contributed by atoms with E-state index in [1.165, 1.54) is 0 Å². The maximum absolute atomic E-state index is 12.4. The van der Waals surface area contributed by atoms with Crippen LogP contribution in [0.5, 0.6) is 0 Å². The smallest absolute Gasteiger partial charge is 0.242 e. The molecule has 18 heavy (non-hydrogen) atoms. The van der Waals surface area contributed by atoms with Crippen molar-refractivity contribution in [1.29, 1.82) is 0 Å². The molecule has 6 heteroatoms. The average Bonchev–Trinajstić information content (AvgIpc) is 2.82. The Labute approximate surface area is 113 Å². The normalized spacial score (nSPS) is 20.6. The van der Waals surface area contributed by atoms with Crippen LogP contribution in [0, 0.1) is 5.92 Å². The standard InChI is InChI=1S/C12H21N3O2S/c1-3-5-8(10(13)18)12(17)15-7-4-6-9(15)11(16)14-2/h8-9H,3-7H2,1-2H3,(H2,13,18)(H,14,16). The molecule has 1 fully saturated rings. The molecule has 0 aliphatic carbocycles. The molecule has 2 amide bonds. The van der Waals surface area contributed by atoms with Gasteiger partial charge in [-0.3, -0.25) is 9.59 Å². The first-order chi connectivity index (χ1) is 8.52. The lowest BCUT2D eigenvalue weighted by Gasteiger charge is -2.27. The van der Waals surface area contributed by atoms with Gasteiger partial charge in [0, 0.05) is 13.6 Å². The highest BCUT2D eigenvalue weighted by Gasteiger charge is 2.37. The van der Waals surface area contributed by atoms with Gasteiger partial charge in [0.2, 0.25) is 11.8 Å². The minimum atomic E-state index is -0.435. The molecule has 1 rings (SSSR count). The topological polar surface area (TPSA) is 75.4 Å². The van der Waals surface area contributed by atoms with Gasteiger partial charge in [-0.25, -0.2) is 0 Å². The van der Waals surface area contributed by atoms with E-state index in [2.05, 4.69) is 5.32 Å². The quantitative estimate of drug-likeness (QED) is 0.711. The van der Waals surface area contributed by atoms with Crippen LogP contribution >= 0.6 is 12.2 Å². The lowest BCUT2D eigenvalue weighted by atomic mass is 10.0. The minimum Gasteiger partial charge on any atom is -0.393 e. The van der Waals surface area contributed by atoms with Crippen LogP contribution in [-0.4, -0.2) is 41.3 Å². The largest absolute Gasteiger partial charge is 0.393 e. The molecule has 0 aromatic rings. The van der Waals surface area contributed by atoms with Crippen molar-refractivity contribution < 1.29 is 9.59 Å². The average molecular weight is 271 g/mol. The summed E-state index contributed by atoms with van der Waals surface area (Å²) in [5, 5.41) is 2.59. The number of amides is 2. The third kappa shape index (κ3) is 3.19. The molecule has 0 saturated carbocycles. The predicted octanol–water partition coefficient (Wildman–Crippen LogP) is 0.426. The van der Waals surface area contributed by atoms with Crippen LogP contribution in [0.25, 0.3) is 0 Å². The van der Waals surface area contributed by atoms with E-state index in [0.717, 1.165) is 12.8 Å². The van der Waals surface area contributed by atoms with E-state index < -0.39 is 5.92 Å². The van der Waals surface area contributed by atoms with Gasteiger partial charge in [0.1, 0.15) is 6.04 Å². The number of nitrogens with zero attached hydrogens (tertiary/aromatic N) is 1. The number of likely N-dealkylation sites (tertiary alicyclic amines) is 1. The van der Waals surface area contributed by atoms with Gasteiger partial charge in [0.05, 0.1) is 10.9 Å². The van der Waals surface area contributed by atoms with Crippen molar-refractivity contribution in [2.24, 2.45) is 11.7 Å². The second kappa shape index (κ2) is 6.68. The summed E-state index contributed by atoms with van der Waals surface area (Å²) in [7, 11) is 1.58. The van der Waals surface area contributed by atoms with Gasteiger partial charge in [0.25, 0.3) is 0 Å². The van der Waals surface area contributed by atoms with E-state index in [1.54, 1.807) is 11.9 Å². The first-order valence-electron chi connectivity index (χ1n) is 6.34. The Bertz CT molecular complexity index is 346. The molecule has 5 nitrogen and oxygen atoms in total. The van der Waals surface area contributed by atoms with E-state index in [0.29, 0.717) is 19.4 Å². The van der Waals surface area contributed by atoms with E-state index in [-0.39, 0.29) is 22.8 Å². The highest BCUT2D eigenvalue weighted by Crippen LogP contribution is 2.22. The van der Waals surface area contributed by atoms with Crippen molar-refractivity contribution in [3.05, 3.63) is 0 Å². The maximum Gasteiger partial charge on any atom is 0.242 e. The Kier molecular flexibility index (Phi) is 5.53. The molecule has 1 heterocycles. The number of nitrogens with two attached hydrogens (primary N) is 1. The van der Waals surface area contributed by atoms with Gasteiger partial charge >= 0.3 is 0 Å². The van der Waals surface area contributed by atoms with Crippen LogP contribution in [0.1, 0.15) is 32.6 Å². The van der Waals surface area contributed by atoms with Gasteiger partial charge in [-0.2, -0.15) is 0 Å². The molecule has 3 N–H and O–H groups in total. The molecule has 2 atom stereocenters. The molecule has 0 radical (unpaired) electrons. The Morgan fingerprint density at radius 1 is 1.56 bits per heavy atom. The maximum atomic E-state index is 12.4. The third-order valence-electron chi connectivity index (χ3n) is 3.30. The van der Waals surface area contributed by atoms with Gasteiger partial charge in [-0.15, -0.1) is 0 Å². The van der Waals surface area contributed by atoms with Crippen LogP contribution in [0.4, 0.5) is 0 Å². The highest BCUT2D eigenvalue weighted by atomic mass is 32.1. The first kappa shape index (κ1) is 14.9. The number of carbonyl (C=O) groups excluding carboxylic acids is 2. The summed E-state index contributed by atoms with van der Waals surface area (Å²) < 4.78 is 0. The van der Waals surface area contributed by atoms with Crippen molar-refractivity contribution in [3.8, 4) is 0 Å². The van der Waals surface area contributed by atoms with E-state index in [1.807, 2.05) is 6.92 Å². The molecule has 1 saturated heterocycles. The number of carbonyl (C=O) groups is 2. The zero-order chi connectivity index (χ0) is 13.7. The van der Waals surface area contributed by atoms with Crippen LogP contribution in [0.2, 0.25) is 0 Å². The van der Waals surface area contributed by atoms with E-state index in [9.17, 15) is 9.59 Å². The fourth-order valence-electron chi connectivity index (χ4n) is 2.35. The Balaban J connectivity index is 2.80. The summed E-state index contributed by atoms with van der Waals surface area (Å²) in [5.41, 5.74) is 5.63. The van der Waals surface area contributed by atoms with Crippen molar-refractivity contribution in [2.45, 2.75) is 38.6 Å². The monoisotopic (exact) mass is 271 g/mol. The summed E-state index contributed by atoms with van der Waals surface area (Å²) in [6, 6.07) is -0.365. The number of hydrogen-bond acceptors (Lipinski definition) is 3. The van der Waals surface area contributed by atoms with Gasteiger partial charge < -0.3 is 16.0 Å². The highest BCUT2D eigenvalue weighted by molar-refractivity contribution is 7.80. The number of hydrogen-bond donors (Lipinski definition) is 2. The SMILES string of the molecule is CCCC(C(=O)N1CCCC1C(=O)NC)C(N)=S. The summed E-state index contributed by atoms with van der Waals surface area (Å²) in [6.45, 7) is 2.60. The van der Waals surface area contributed by atoms with E-state index >= 15 is 0 Å². The molecular weight excluding hydrogens is 250 g/mol. The number of nitrogens with one attached hydrogen (secondary N) is 1. The molecule has 2 unspecified atom stereocenters. The second-order valence-corrected chi connectivity index (χ2v) is 5.02. The third-order valence-corrected chi connectivity index (χ3v) is 3.59. The summed E-state index contributed by atoms with van der Waals surface area (Å²) >= 11 is 4.96. The van der Waals surface area contributed by atoms with Crippen LogP contribution in [-0.2, 0) is 9.59 Å². The molecule has 0 aromatic carbocycles. The number of thiocarbonyl (C=S) groups is 1. The number of likely N-dealkylation sites (N-methyl/N-ethyl adjacent to an activating group) is 1. The number of rotatable bonds is 5. The van der Waals surface area contributed by atoms with Crippen LogP contribution in [0.3, 0.4) is 0 Å². The van der Waals surface area contributed by atoms with Crippen molar-refractivity contribution in [3.63, 3.8) is 0 Å². The van der Waals surface area contributed by atoms with Crippen LogP contribution < -0.4 is 11.1 Å². The molecular formula is C12H21N3O2S. The minimum absolute atomic E-state index is 0.101. The molecule has 1 aliphatic rings. The van der Waals surface area contributed by atoms with Gasteiger partial charge in [0.15, 0.2) is 0 Å². The van der Waals surface area contributed by atoms with Gasteiger partial charge in [-0.05, 0) is 19.3 Å². The molecule has 1 aliphatic heterocycles. The zero-order valence-electron chi connectivity index (χ0n) is 10.9. The molecule has 102 valence electrons. The van der Waals surface area contributed by atoms with Crippen molar-refractivity contribution in [1.82, 2.24) is 10.2 Å². The molecule has 0 aromatic heterocycles. The lowest BCUT2D eigenvalue weighted by molar-refractivity contribution is -0.139. The van der Waals surface area contributed by atoms with Crippen molar-refractivity contribution in [2.75, 3.05) is 13.6 Å². The molecule has 0 spiro atoms. The first-order valence-corrected chi connectivity index (χ1v) is 6.75. The summed E-state index contributed by atoms with van der Waals surface area (Å²) in [5.74, 6) is -0.648. The van der Waals surface area contributed by atoms with Crippen molar-refractivity contribution >= 4 is 29.0 Å². The van der Waals surface area contributed by atoms with Gasteiger partial charge in [-0.1, -0.05) is 25.6 Å². The lowest BCUT2D eigenvalue weighted by Crippen LogP contribution is -2.49. The summed E-state index contributed by atoms with van der Waals surface area (Å²) in [4.78, 5) is 25.9. The fourth-order valence-corrected chi connectivity index (χ4v) is 2.56. The second-order valence-electron chi connectivity index (χ2n) is 4.55. The Morgan fingerprint density at radius 2 is 2.22 bits per heavy atom. The Morgan fingerprint density at radius 3 is 2.72 bits per heavy atom.